The van der Waals surface area contributed by atoms with Gasteiger partial charge in [-0.1, -0.05) is 24.3 Å². The number of aromatic carboxylic acids is 1. The number of amides is 4. The van der Waals surface area contributed by atoms with Gasteiger partial charge in [-0.3, -0.25) is 9.59 Å². The van der Waals surface area contributed by atoms with E-state index in [1.165, 1.54) is 38.5 Å². The van der Waals surface area contributed by atoms with Crippen molar-refractivity contribution < 1.29 is 33.8 Å². The molecule has 0 fully saturated rings. The van der Waals surface area contributed by atoms with Crippen molar-refractivity contribution in [2.24, 2.45) is 0 Å². The number of nitrogens with one attached hydrogen (secondary N) is 4. The summed E-state index contributed by atoms with van der Waals surface area (Å²) in [4.78, 5) is 49.8. The van der Waals surface area contributed by atoms with E-state index in [0.29, 0.717) is 34.1 Å². The first kappa shape index (κ1) is 31.1. The largest absolute Gasteiger partial charge is 0.493 e. The molecule has 0 saturated carbocycles. The molecule has 4 amide bonds. The van der Waals surface area contributed by atoms with Gasteiger partial charge in [0.2, 0.25) is 5.91 Å². The molecule has 4 rings (SSSR count). The van der Waals surface area contributed by atoms with Crippen LogP contribution in [-0.4, -0.2) is 43.1 Å². The number of carboxylic acids is 1. The van der Waals surface area contributed by atoms with Crippen LogP contribution in [-0.2, 0) is 4.79 Å². The fourth-order valence-electron chi connectivity index (χ4n) is 4.36. The molecule has 0 bridgehead atoms. The van der Waals surface area contributed by atoms with Crippen LogP contribution in [0.1, 0.15) is 44.3 Å². The third-order valence-electron chi connectivity index (χ3n) is 6.72. The molecule has 11 nitrogen and oxygen atoms in total. The minimum atomic E-state index is -1.11. The first-order valence-corrected chi connectivity index (χ1v) is 13.6. The number of methoxy groups -OCH3 is 2. The standard InChI is InChI=1S/C33H32N4O7/c1-20-6-4-5-7-26(20)37-33(42)35-25-15-13-24(14-16-25)34-30(38)19-27(23-12-17-28(43-2)29(18-23)44-3)36-31(39)21-8-10-22(11-9-21)32(40)41/h4-18,27H,19H2,1-3H3,(H,34,38)(H,36,39)(H,40,41)(H2,35,37,42). The highest BCUT2D eigenvalue weighted by molar-refractivity contribution is 6.00. The molecule has 0 aliphatic carbocycles. The van der Waals surface area contributed by atoms with Gasteiger partial charge in [0.25, 0.3) is 5.91 Å². The van der Waals surface area contributed by atoms with Crippen LogP contribution >= 0.6 is 0 Å². The fraction of sp³-hybridized carbons (Fsp3) is 0.152. The van der Waals surface area contributed by atoms with Gasteiger partial charge in [0.1, 0.15) is 0 Å². The number of hydrogen-bond acceptors (Lipinski definition) is 6. The first-order chi connectivity index (χ1) is 21.2. The minimum absolute atomic E-state index is 0.0468. The van der Waals surface area contributed by atoms with E-state index in [4.69, 9.17) is 14.6 Å². The predicted octanol–water partition coefficient (Wildman–Crippen LogP) is 5.85. The molecule has 1 atom stereocenters. The topological polar surface area (TPSA) is 155 Å². The monoisotopic (exact) mass is 596 g/mol. The van der Waals surface area contributed by atoms with Crippen molar-refractivity contribution in [3.8, 4) is 11.5 Å². The zero-order valence-corrected chi connectivity index (χ0v) is 24.3. The summed E-state index contributed by atoms with van der Waals surface area (Å²) in [5, 5.41) is 20.4. The van der Waals surface area contributed by atoms with Crippen molar-refractivity contribution in [1.29, 1.82) is 0 Å². The van der Waals surface area contributed by atoms with Gasteiger partial charge in [-0.25, -0.2) is 9.59 Å². The maximum atomic E-state index is 13.1. The van der Waals surface area contributed by atoms with Crippen LogP contribution in [0.2, 0.25) is 0 Å². The Labute approximate surface area is 254 Å². The number of ether oxygens (including phenoxy) is 2. The Morgan fingerprint density at radius 3 is 1.95 bits per heavy atom. The third-order valence-corrected chi connectivity index (χ3v) is 6.72. The second-order valence-corrected chi connectivity index (χ2v) is 9.75. The van der Waals surface area contributed by atoms with E-state index in [1.807, 2.05) is 25.1 Å². The van der Waals surface area contributed by atoms with Crippen LogP contribution in [0.25, 0.3) is 0 Å². The van der Waals surface area contributed by atoms with Crippen LogP contribution in [0.4, 0.5) is 21.9 Å². The van der Waals surface area contributed by atoms with Crippen LogP contribution < -0.4 is 30.7 Å². The lowest BCUT2D eigenvalue weighted by atomic mass is 10.0. The summed E-state index contributed by atoms with van der Waals surface area (Å²) in [6.45, 7) is 1.90. The molecule has 44 heavy (non-hydrogen) atoms. The van der Waals surface area contributed by atoms with Crippen molar-refractivity contribution in [2.45, 2.75) is 19.4 Å². The SMILES string of the molecule is COc1ccc(C(CC(=O)Nc2ccc(NC(=O)Nc3ccccc3C)cc2)NC(=O)c2ccc(C(=O)O)cc2)cc1OC. The van der Waals surface area contributed by atoms with E-state index in [2.05, 4.69) is 21.3 Å². The van der Waals surface area contributed by atoms with Gasteiger partial charge in [-0.05, 0) is 84.8 Å². The maximum absolute atomic E-state index is 13.1. The second kappa shape index (κ2) is 14.4. The molecule has 226 valence electrons. The molecular formula is C33H32N4O7. The molecule has 11 heteroatoms. The minimum Gasteiger partial charge on any atom is -0.493 e. The first-order valence-electron chi connectivity index (χ1n) is 13.6. The molecule has 0 aliphatic heterocycles. The highest BCUT2D eigenvalue weighted by Crippen LogP contribution is 2.31. The van der Waals surface area contributed by atoms with Gasteiger partial charge in [0.05, 0.1) is 32.2 Å². The molecule has 0 saturated heterocycles. The Bertz CT molecular complexity index is 1650. The molecule has 0 heterocycles. The summed E-state index contributed by atoms with van der Waals surface area (Å²) in [6.07, 6.45) is -0.132. The van der Waals surface area contributed by atoms with Crippen molar-refractivity contribution in [3.63, 3.8) is 0 Å². The summed E-state index contributed by atoms with van der Waals surface area (Å²) in [5.74, 6) is -1.08. The Hall–Kier alpha value is -5.84. The smallest absolute Gasteiger partial charge is 0.335 e. The average molecular weight is 597 g/mol. The summed E-state index contributed by atoms with van der Waals surface area (Å²) >= 11 is 0. The van der Waals surface area contributed by atoms with E-state index in [-0.39, 0.29) is 23.5 Å². The van der Waals surface area contributed by atoms with Crippen LogP contribution in [0.3, 0.4) is 0 Å². The summed E-state index contributed by atoms with van der Waals surface area (Å²) in [7, 11) is 2.99. The van der Waals surface area contributed by atoms with Crippen molar-refractivity contribution in [2.75, 3.05) is 30.2 Å². The highest BCUT2D eigenvalue weighted by Gasteiger charge is 2.22. The normalized spacial score (nSPS) is 11.1. The number of benzene rings is 4. The molecule has 1 unspecified atom stereocenters. The molecule has 0 radical (unpaired) electrons. The zero-order valence-electron chi connectivity index (χ0n) is 24.3. The molecule has 0 aliphatic rings. The van der Waals surface area contributed by atoms with E-state index in [1.54, 1.807) is 48.5 Å². The molecule has 4 aromatic rings. The van der Waals surface area contributed by atoms with Gasteiger partial charge in [-0.2, -0.15) is 0 Å². The molecule has 5 N–H and O–H groups in total. The van der Waals surface area contributed by atoms with Crippen molar-refractivity contribution in [3.05, 3.63) is 113 Å². The summed E-state index contributed by atoms with van der Waals surface area (Å²) < 4.78 is 10.7. The number of para-hydroxylation sites is 1. The fourth-order valence-corrected chi connectivity index (χ4v) is 4.36. The molecular weight excluding hydrogens is 564 g/mol. The molecule has 4 aromatic carbocycles. The van der Waals surface area contributed by atoms with E-state index in [0.717, 1.165) is 5.56 Å². The number of anilines is 3. The number of carbonyl (C=O) groups excluding carboxylic acids is 3. The summed E-state index contributed by atoms with van der Waals surface area (Å²) in [6, 6.07) is 23.4. The van der Waals surface area contributed by atoms with Crippen LogP contribution in [0.15, 0.2) is 91.0 Å². The lowest BCUT2D eigenvalue weighted by molar-refractivity contribution is -0.116. The van der Waals surface area contributed by atoms with Gasteiger partial charge in [0.15, 0.2) is 11.5 Å². The van der Waals surface area contributed by atoms with E-state index >= 15 is 0 Å². The Kier molecular flexibility index (Phi) is 10.2. The predicted molar refractivity (Wildman–Crippen MR) is 167 cm³/mol. The lowest BCUT2D eigenvalue weighted by Gasteiger charge is -2.21. The maximum Gasteiger partial charge on any atom is 0.335 e. The Morgan fingerprint density at radius 1 is 0.727 bits per heavy atom. The van der Waals surface area contributed by atoms with Gasteiger partial charge < -0.3 is 35.8 Å². The van der Waals surface area contributed by atoms with Gasteiger partial charge >= 0.3 is 12.0 Å². The Morgan fingerprint density at radius 2 is 1.34 bits per heavy atom. The Balaban J connectivity index is 1.45. The lowest BCUT2D eigenvalue weighted by Crippen LogP contribution is -2.31. The van der Waals surface area contributed by atoms with Crippen LogP contribution in [0, 0.1) is 6.92 Å². The number of carboxylic acid groups (broad SMARTS) is 1. The van der Waals surface area contributed by atoms with Gasteiger partial charge in [0, 0.05) is 22.6 Å². The number of rotatable bonds is 11. The van der Waals surface area contributed by atoms with Crippen LogP contribution in [0.5, 0.6) is 11.5 Å². The summed E-state index contributed by atoms with van der Waals surface area (Å²) in [5.41, 5.74) is 3.51. The van der Waals surface area contributed by atoms with E-state index in [9.17, 15) is 19.2 Å². The number of hydrogen-bond donors (Lipinski definition) is 5. The second-order valence-electron chi connectivity index (χ2n) is 9.75. The molecule has 0 spiro atoms. The van der Waals surface area contributed by atoms with Crippen molar-refractivity contribution >= 4 is 40.9 Å². The highest BCUT2D eigenvalue weighted by atomic mass is 16.5. The number of aryl methyl sites for hydroxylation is 1. The number of urea groups is 1. The zero-order chi connectivity index (χ0) is 31.6. The average Bonchev–Trinajstić information content (AvgIpc) is 3.02. The van der Waals surface area contributed by atoms with Gasteiger partial charge in [-0.15, -0.1) is 0 Å². The quantitative estimate of drug-likeness (QED) is 0.145. The van der Waals surface area contributed by atoms with Crippen molar-refractivity contribution in [1.82, 2.24) is 5.32 Å². The number of carbonyl (C=O) groups is 4. The third kappa shape index (κ3) is 8.13. The van der Waals surface area contributed by atoms with E-state index < -0.39 is 23.9 Å². The molecule has 0 aromatic heterocycles.